The van der Waals surface area contributed by atoms with E-state index in [1.165, 1.54) is 5.56 Å². The molecule has 0 aliphatic heterocycles. The van der Waals surface area contributed by atoms with Crippen LogP contribution in [0.2, 0.25) is 0 Å². The van der Waals surface area contributed by atoms with Gasteiger partial charge in [-0.15, -0.1) is 0 Å². The zero-order valence-corrected chi connectivity index (χ0v) is 10.8. The van der Waals surface area contributed by atoms with Crippen LogP contribution >= 0.6 is 15.9 Å². The molecule has 0 amide bonds. The summed E-state index contributed by atoms with van der Waals surface area (Å²) in [5.41, 5.74) is 2.24. The lowest BCUT2D eigenvalue weighted by atomic mass is 9.85. The molecule has 0 saturated carbocycles. The second-order valence-electron chi connectivity index (χ2n) is 4.58. The van der Waals surface area contributed by atoms with Crippen LogP contribution in [0.3, 0.4) is 0 Å². The summed E-state index contributed by atoms with van der Waals surface area (Å²) in [6.45, 7) is 8.43. The molecule has 0 bridgehead atoms. The van der Waals surface area contributed by atoms with Crippen LogP contribution in [0.25, 0.3) is 0 Å². The summed E-state index contributed by atoms with van der Waals surface area (Å²) in [7, 11) is 0. The molecule has 1 nitrogen and oxygen atoms in total. The molecule has 0 aliphatic rings. The standard InChI is InChI=1S/C12H17BrO/c1-5-8-6-9(12(2,3)4)11(14)10(13)7-8/h6-7,14H,5H2,1-4H3. The van der Waals surface area contributed by atoms with Crippen molar-refractivity contribution in [3.05, 3.63) is 27.7 Å². The monoisotopic (exact) mass is 256 g/mol. The van der Waals surface area contributed by atoms with Crippen molar-refractivity contribution >= 4 is 15.9 Å². The van der Waals surface area contributed by atoms with Gasteiger partial charge in [0.1, 0.15) is 5.75 Å². The van der Waals surface area contributed by atoms with Crippen LogP contribution in [0, 0.1) is 0 Å². The van der Waals surface area contributed by atoms with Gasteiger partial charge in [0.25, 0.3) is 0 Å². The van der Waals surface area contributed by atoms with Gasteiger partial charge in [-0.2, -0.15) is 0 Å². The van der Waals surface area contributed by atoms with Gasteiger partial charge in [-0.1, -0.05) is 33.8 Å². The average molecular weight is 257 g/mol. The fourth-order valence-electron chi connectivity index (χ4n) is 1.43. The molecule has 1 rings (SSSR count). The van der Waals surface area contributed by atoms with Gasteiger partial charge in [-0.25, -0.2) is 0 Å². The van der Waals surface area contributed by atoms with E-state index in [9.17, 15) is 5.11 Å². The van der Waals surface area contributed by atoms with Gasteiger partial charge in [0.2, 0.25) is 0 Å². The van der Waals surface area contributed by atoms with E-state index in [1.54, 1.807) is 0 Å². The quantitative estimate of drug-likeness (QED) is 0.805. The van der Waals surface area contributed by atoms with Crippen molar-refractivity contribution in [2.24, 2.45) is 0 Å². The summed E-state index contributed by atoms with van der Waals surface area (Å²) >= 11 is 3.38. The lowest BCUT2D eigenvalue weighted by Gasteiger charge is -2.22. The first-order valence-corrected chi connectivity index (χ1v) is 5.67. The molecule has 0 saturated heterocycles. The molecule has 1 aromatic carbocycles. The first-order chi connectivity index (χ1) is 6.36. The molecular weight excluding hydrogens is 240 g/mol. The molecule has 1 N–H and O–H groups in total. The normalized spacial score (nSPS) is 11.8. The molecule has 0 atom stereocenters. The molecule has 0 unspecified atom stereocenters. The van der Waals surface area contributed by atoms with E-state index in [0.717, 1.165) is 16.5 Å². The number of hydrogen-bond donors (Lipinski definition) is 1. The third-order valence-corrected chi connectivity index (χ3v) is 2.94. The Labute approximate surface area is 94.3 Å². The average Bonchev–Trinajstić information content (AvgIpc) is 2.07. The molecule has 0 radical (unpaired) electrons. The minimum atomic E-state index is -0.0161. The van der Waals surface area contributed by atoms with E-state index in [4.69, 9.17) is 0 Å². The smallest absolute Gasteiger partial charge is 0.133 e. The van der Waals surface area contributed by atoms with E-state index in [2.05, 4.69) is 49.7 Å². The summed E-state index contributed by atoms with van der Waals surface area (Å²) in [6.07, 6.45) is 0.988. The van der Waals surface area contributed by atoms with Gasteiger partial charge in [-0.05, 0) is 39.4 Å². The fraction of sp³-hybridized carbons (Fsp3) is 0.500. The lowest BCUT2D eigenvalue weighted by Crippen LogP contribution is -2.12. The SMILES string of the molecule is CCc1cc(Br)c(O)c(C(C)(C)C)c1. The number of phenols is 1. The second kappa shape index (κ2) is 3.93. The Balaban J connectivity index is 3.35. The van der Waals surface area contributed by atoms with Crippen molar-refractivity contribution in [1.82, 2.24) is 0 Å². The fourth-order valence-corrected chi connectivity index (χ4v) is 1.94. The van der Waals surface area contributed by atoms with E-state index < -0.39 is 0 Å². The number of aromatic hydroxyl groups is 1. The lowest BCUT2D eigenvalue weighted by molar-refractivity contribution is 0.443. The predicted octanol–water partition coefficient (Wildman–Crippen LogP) is 4.01. The highest BCUT2D eigenvalue weighted by Crippen LogP contribution is 2.37. The van der Waals surface area contributed by atoms with Crippen molar-refractivity contribution < 1.29 is 5.11 Å². The van der Waals surface area contributed by atoms with Crippen LogP contribution in [-0.2, 0) is 11.8 Å². The molecule has 0 heterocycles. The Hall–Kier alpha value is -0.500. The number of hydrogen-bond acceptors (Lipinski definition) is 1. The minimum absolute atomic E-state index is 0.0161. The molecule has 0 fully saturated rings. The molecule has 2 heteroatoms. The number of phenolic OH excluding ortho intramolecular Hbond substituents is 1. The molecule has 0 spiro atoms. The maximum atomic E-state index is 9.91. The highest BCUT2D eigenvalue weighted by molar-refractivity contribution is 9.10. The van der Waals surface area contributed by atoms with Gasteiger partial charge in [0.15, 0.2) is 0 Å². The summed E-state index contributed by atoms with van der Waals surface area (Å²) in [5.74, 6) is 0.370. The number of benzene rings is 1. The predicted molar refractivity (Wildman–Crippen MR) is 63.9 cm³/mol. The Morgan fingerprint density at radius 1 is 1.29 bits per heavy atom. The van der Waals surface area contributed by atoms with Gasteiger partial charge >= 0.3 is 0 Å². The van der Waals surface area contributed by atoms with Gasteiger partial charge in [0, 0.05) is 5.56 Å². The Morgan fingerprint density at radius 2 is 1.86 bits per heavy atom. The van der Waals surface area contributed by atoms with Gasteiger partial charge < -0.3 is 5.11 Å². The van der Waals surface area contributed by atoms with Crippen LogP contribution < -0.4 is 0 Å². The summed E-state index contributed by atoms with van der Waals surface area (Å²) in [5, 5.41) is 9.91. The van der Waals surface area contributed by atoms with Crippen molar-refractivity contribution in [2.45, 2.75) is 39.5 Å². The summed E-state index contributed by atoms with van der Waals surface area (Å²) in [4.78, 5) is 0. The third kappa shape index (κ3) is 2.30. The number of aryl methyl sites for hydroxylation is 1. The van der Waals surface area contributed by atoms with Crippen molar-refractivity contribution in [3.63, 3.8) is 0 Å². The molecular formula is C12H17BrO. The van der Waals surface area contributed by atoms with Crippen LogP contribution in [0.1, 0.15) is 38.8 Å². The number of halogens is 1. The first-order valence-electron chi connectivity index (χ1n) is 4.88. The third-order valence-electron chi connectivity index (χ3n) is 2.34. The topological polar surface area (TPSA) is 20.2 Å². The van der Waals surface area contributed by atoms with Crippen molar-refractivity contribution in [3.8, 4) is 5.75 Å². The van der Waals surface area contributed by atoms with E-state index >= 15 is 0 Å². The Kier molecular flexibility index (Phi) is 3.25. The summed E-state index contributed by atoms with van der Waals surface area (Å²) in [6, 6.07) is 4.06. The zero-order valence-electron chi connectivity index (χ0n) is 9.19. The van der Waals surface area contributed by atoms with Crippen molar-refractivity contribution in [2.75, 3.05) is 0 Å². The number of rotatable bonds is 1. The molecule has 0 aliphatic carbocycles. The van der Waals surface area contributed by atoms with Gasteiger partial charge in [-0.3, -0.25) is 0 Å². The largest absolute Gasteiger partial charge is 0.506 e. The molecule has 14 heavy (non-hydrogen) atoms. The van der Waals surface area contributed by atoms with Crippen LogP contribution in [0.4, 0.5) is 0 Å². The van der Waals surface area contributed by atoms with E-state index in [0.29, 0.717) is 5.75 Å². The zero-order chi connectivity index (χ0) is 10.9. The highest BCUT2D eigenvalue weighted by atomic mass is 79.9. The van der Waals surface area contributed by atoms with Crippen LogP contribution in [0.15, 0.2) is 16.6 Å². The van der Waals surface area contributed by atoms with Gasteiger partial charge in [0.05, 0.1) is 4.47 Å². The van der Waals surface area contributed by atoms with E-state index in [-0.39, 0.29) is 5.41 Å². The Morgan fingerprint density at radius 3 is 2.29 bits per heavy atom. The molecule has 1 aromatic rings. The maximum absolute atomic E-state index is 9.91. The highest BCUT2D eigenvalue weighted by Gasteiger charge is 2.20. The first kappa shape index (κ1) is 11.6. The van der Waals surface area contributed by atoms with Crippen LogP contribution in [-0.4, -0.2) is 5.11 Å². The minimum Gasteiger partial charge on any atom is -0.506 e. The maximum Gasteiger partial charge on any atom is 0.133 e. The summed E-state index contributed by atoms with van der Waals surface area (Å²) < 4.78 is 0.793. The Bertz CT molecular complexity index is 337. The molecule has 0 aromatic heterocycles. The second-order valence-corrected chi connectivity index (χ2v) is 5.43. The molecule has 78 valence electrons. The van der Waals surface area contributed by atoms with E-state index in [1.807, 2.05) is 6.07 Å². The van der Waals surface area contributed by atoms with Crippen LogP contribution in [0.5, 0.6) is 5.75 Å². The van der Waals surface area contributed by atoms with Crippen molar-refractivity contribution in [1.29, 1.82) is 0 Å².